The highest BCUT2D eigenvalue weighted by Crippen LogP contribution is 2.38. The average Bonchev–Trinajstić information content (AvgIpc) is 3.16. The molecule has 0 heterocycles. The van der Waals surface area contributed by atoms with Gasteiger partial charge in [0.2, 0.25) is 5.91 Å². The molecule has 0 radical (unpaired) electrons. The van der Waals surface area contributed by atoms with E-state index < -0.39 is 0 Å². The number of esters is 1. The number of nitrogens with one attached hydrogen (secondary N) is 1. The Morgan fingerprint density at radius 1 is 1.37 bits per heavy atom. The van der Waals surface area contributed by atoms with Crippen molar-refractivity contribution in [3.05, 3.63) is 35.9 Å². The van der Waals surface area contributed by atoms with Crippen molar-refractivity contribution in [1.29, 1.82) is 0 Å². The van der Waals surface area contributed by atoms with Gasteiger partial charge in [0.15, 0.2) is 0 Å². The largest absolute Gasteiger partial charge is 0.469 e. The van der Waals surface area contributed by atoms with Crippen LogP contribution in [0.4, 0.5) is 0 Å². The van der Waals surface area contributed by atoms with Crippen LogP contribution in [0.5, 0.6) is 0 Å². The van der Waals surface area contributed by atoms with Gasteiger partial charge in [-0.05, 0) is 17.9 Å². The lowest BCUT2D eigenvalue weighted by Crippen LogP contribution is -2.31. The zero-order valence-electron chi connectivity index (χ0n) is 11.3. The summed E-state index contributed by atoms with van der Waals surface area (Å²) in [6.07, 6.45) is 1.10. The molecule has 19 heavy (non-hydrogen) atoms. The van der Waals surface area contributed by atoms with Crippen molar-refractivity contribution in [2.45, 2.75) is 25.8 Å². The van der Waals surface area contributed by atoms with E-state index in [4.69, 9.17) is 4.74 Å². The summed E-state index contributed by atoms with van der Waals surface area (Å²) in [7, 11) is 1.36. The van der Waals surface area contributed by atoms with Crippen LogP contribution in [0.2, 0.25) is 0 Å². The predicted molar refractivity (Wildman–Crippen MR) is 71.2 cm³/mol. The van der Waals surface area contributed by atoms with E-state index in [1.54, 1.807) is 0 Å². The molecule has 3 atom stereocenters. The van der Waals surface area contributed by atoms with Gasteiger partial charge in [-0.15, -0.1) is 0 Å². The van der Waals surface area contributed by atoms with Crippen LogP contribution in [0.3, 0.4) is 0 Å². The van der Waals surface area contributed by atoms with E-state index in [0.717, 1.165) is 12.0 Å². The number of methoxy groups -OCH3 is 1. The molecule has 0 aromatic heterocycles. The van der Waals surface area contributed by atoms with Crippen LogP contribution in [0.15, 0.2) is 30.3 Å². The summed E-state index contributed by atoms with van der Waals surface area (Å²) in [4.78, 5) is 23.5. The number of carbonyl (C=O) groups is 2. The van der Waals surface area contributed by atoms with Crippen LogP contribution < -0.4 is 5.32 Å². The van der Waals surface area contributed by atoms with Gasteiger partial charge >= 0.3 is 5.97 Å². The minimum atomic E-state index is -0.321. The topological polar surface area (TPSA) is 55.4 Å². The zero-order chi connectivity index (χ0) is 13.8. The lowest BCUT2D eigenvalue weighted by Gasteiger charge is -2.18. The Bertz CT molecular complexity index is 458. The Labute approximate surface area is 113 Å². The number of hydrogen-bond donors (Lipinski definition) is 1. The summed E-state index contributed by atoms with van der Waals surface area (Å²) < 4.78 is 4.69. The third kappa shape index (κ3) is 3.56. The molecule has 0 unspecified atom stereocenters. The van der Waals surface area contributed by atoms with Crippen molar-refractivity contribution < 1.29 is 14.3 Å². The van der Waals surface area contributed by atoms with E-state index in [1.165, 1.54) is 7.11 Å². The Balaban J connectivity index is 2.06. The molecule has 1 saturated carbocycles. The molecule has 0 aliphatic heterocycles. The summed E-state index contributed by atoms with van der Waals surface area (Å²) in [6, 6.07) is 9.20. The maximum absolute atomic E-state index is 12.0. The van der Waals surface area contributed by atoms with Gasteiger partial charge in [-0.2, -0.15) is 0 Å². The molecule has 1 N–H and O–H groups in total. The second kappa shape index (κ2) is 5.87. The van der Waals surface area contributed by atoms with Gasteiger partial charge in [0.05, 0.1) is 19.6 Å². The smallest absolute Gasteiger partial charge is 0.307 e. The van der Waals surface area contributed by atoms with Crippen molar-refractivity contribution in [2.24, 2.45) is 11.8 Å². The van der Waals surface area contributed by atoms with E-state index in [-0.39, 0.29) is 30.3 Å². The fourth-order valence-electron chi connectivity index (χ4n) is 2.15. The van der Waals surface area contributed by atoms with Crippen LogP contribution in [0.1, 0.15) is 31.4 Å². The van der Waals surface area contributed by atoms with Crippen molar-refractivity contribution in [3.63, 3.8) is 0 Å². The molecular weight excluding hydrogens is 242 g/mol. The monoisotopic (exact) mass is 261 g/mol. The summed E-state index contributed by atoms with van der Waals surface area (Å²) >= 11 is 0. The molecule has 1 fully saturated rings. The highest BCUT2D eigenvalue weighted by molar-refractivity contribution is 5.82. The van der Waals surface area contributed by atoms with Gasteiger partial charge in [0.25, 0.3) is 0 Å². The second-order valence-corrected chi connectivity index (χ2v) is 5.07. The quantitative estimate of drug-likeness (QED) is 0.825. The molecule has 4 heteroatoms. The molecule has 1 amide bonds. The fraction of sp³-hybridized carbons (Fsp3) is 0.467. The summed E-state index contributed by atoms with van der Waals surface area (Å²) in [5, 5.41) is 2.95. The first-order chi connectivity index (χ1) is 9.11. The minimum absolute atomic E-state index is 0.0326. The molecular formula is C15H19NO3. The number of carbonyl (C=O) groups excluding carboxylic acids is 2. The molecule has 2 rings (SSSR count). The number of ether oxygens (including phenoxy) is 1. The molecule has 1 aliphatic carbocycles. The third-order valence-electron chi connectivity index (χ3n) is 3.56. The van der Waals surface area contributed by atoms with Crippen molar-refractivity contribution in [2.75, 3.05) is 7.11 Å². The van der Waals surface area contributed by atoms with Gasteiger partial charge in [-0.1, -0.05) is 37.3 Å². The second-order valence-electron chi connectivity index (χ2n) is 5.07. The Kier molecular flexibility index (Phi) is 4.20. The molecule has 4 nitrogen and oxygen atoms in total. The lowest BCUT2D eigenvalue weighted by atomic mass is 10.0. The van der Waals surface area contributed by atoms with Gasteiger partial charge in [-0.3, -0.25) is 9.59 Å². The molecule has 1 aromatic carbocycles. The van der Waals surface area contributed by atoms with Gasteiger partial charge in [-0.25, -0.2) is 0 Å². The highest BCUT2D eigenvalue weighted by atomic mass is 16.5. The van der Waals surface area contributed by atoms with Crippen molar-refractivity contribution in [3.8, 4) is 0 Å². The molecule has 0 bridgehead atoms. The third-order valence-corrected chi connectivity index (χ3v) is 3.56. The molecule has 0 spiro atoms. The molecule has 1 aromatic rings. The van der Waals surface area contributed by atoms with E-state index in [1.807, 2.05) is 30.3 Å². The number of amides is 1. The first-order valence-electron chi connectivity index (χ1n) is 6.54. The maximum Gasteiger partial charge on any atom is 0.307 e. The van der Waals surface area contributed by atoms with Crippen molar-refractivity contribution in [1.82, 2.24) is 5.32 Å². The summed E-state index contributed by atoms with van der Waals surface area (Å²) in [5.41, 5.74) is 0.926. The van der Waals surface area contributed by atoms with E-state index >= 15 is 0 Å². The maximum atomic E-state index is 12.0. The van der Waals surface area contributed by atoms with Crippen LogP contribution in [0, 0.1) is 11.8 Å². The van der Waals surface area contributed by atoms with Gasteiger partial charge in [0.1, 0.15) is 0 Å². The zero-order valence-corrected chi connectivity index (χ0v) is 11.3. The van der Waals surface area contributed by atoms with Gasteiger partial charge in [0, 0.05) is 5.92 Å². The normalized spacial score (nSPS) is 22.4. The number of benzene rings is 1. The van der Waals surface area contributed by atoms with E-state index in [2.05, 4.69) is 12.2 Å². The van der Waals surface area contributed by atoms with E-state index in [9.17, 15) is 9.59 Å². The summed E-state index contributed by atoms with van der Waals surface area (Å²) in [5.74, 6) is 0.265. The molecule has 0 saturated heterocycles. The summed E-state index contributed by atoms with van der Waals surface area (Å²) in [6.45, 7) is 2.06. The Morgan fingerprint density at radius 3 is 2.53 bits per heavy atom. The molecule has 102 valence electrons. The number of rotatable bonds is 5. The SMILES string of the molecule is COC(=O)C[C@H](NC(=O)[C@@H]1C[C@@H]1C)c1ccccc1. The number of hydrogen-bond acceptors (Lipinski definition) is 3. The first-order valence-corrected chi connectivity index (χ1v) is 6.54. The Morgan fingerprint density at radius 2 is 2.00 bits per heavy atom. The van der Waals surface area contributed by atoms with Crippen LogP contribution in [0.25, 0.3) is 0 Å². The van der Waals surface area contributed by atoms with Crippen LogP contribution in [-0.4, -0.2) is 19.0 Å². The lowest BCUT2D eigenvalue weighted by molar-refractivity contribution is -0.141. The minimum Gasteiger partial charge on any atom is -0.469 e. The Hall–Kier alpha value is -1.84. The van der Waals surface area contributed by atoms with Crippen LogP contribution >= 0.6 is 0 Å². The predicted octanol–water partition coefficient (Wildman–Crippen LogP) is 2.06. The molecule has 1 aliphatic rings. The van der Waals surface area contributed by atoms with E-state index in [0.29, 0.717) is 5.92 Å². The first kappa shape index (κ1) is 13.6. The fourth-order valence-corrected chi connectivity index (χ4v) is 2.15. The highest BCUT2D eigenvalue weighted by Gasteiger charge is 2.40. The van der Waals surface area contributed by atoms with Crippen molar-refractivity contribution >= 4 is 11.9 Å². The standard InChI is InChI=1S/C15H19NO3/c1-10-8-12(10)15(18)16-13(9-14(17)19-2)11-6-4-3-5-7-11/h3-7,10,12-13H,8-9H2,1-2H3,(H,16,18)/t10-,12+,13-/m0/s1. The van der Waals surface area contributed by atoms with Gasteiger partial charge < -0.3 is 10.1 Å². The average molecular weight is 261 g/mol. The van der Waals surface area contributed by atoms with Crippen LogP contribution in [-0.2, 0) is 14.3 Å².